The van der Waals surface area contributed by atoms with Gasteiger partial charge in [0.25, 0.3) is 0 Å². The third kappa shape index (κ3) is 3.11. The summed E-state index contributed by atoms with van der Waals surface area (Å²) in [6.45, 7) is 6.78. The Morgan fingerprint density at radius 3 is 2.65 bits per heavy atom. The van der Waals surface area contributed by atoms with Crippen LogP contribution in [0.3, 0.4) is 0 Å². The second-order valence-electron chi connectivity index (χ2n) is 6.11. The second kappa shape index (κ2) is 6.08. The summed E-state index contributed by atoms with van der Waals surface area (Å²) in [6, 6.07) is 1.99. The van der Waals surface area contributed by atoms with E-state index in [1.54, 1.807) is 4.68 Å². The SMILES string of the molecule is CCOC1(C(=O)Cc2cc(C)nn2C)CCC(C)CC1. The Hall–Kier alpha value is -1.16. The van der Waals surface area contributed by atoms with Gasteiger partial charge in [-0.05, 0) is 51.5 Å². The minimum atomic E-state index is -0.556. The molecule has 1 aliphatic rings. The lowest BCUT2D eigenvalue weighted by Crippen LogP contribution is -2.45. The predicted molar refractivity (Wildman–Crippen MR) is 78.6 cm³/mol. The van der Waals surface area contributed by atoms with Gasteiger partial charge in [-0.1, -0.05) is 6.92 Å². The number of ketones is 1. The molecular formula is C16H26N2O2. The molecule has 0 amide bonds. The molecule has 20 heavy (non-hydrogen) atoms. The van der Waals surface area contributed by atoms with E-state index in [2.05, 4.69) is 12.0 Å². The van der Waals surface area contributed by atoms with Crippen LogP contribution in [0.1, 0.15) is 50.9 Å². The Bertz CT molecular complexity index is 471. The lowest BCUT2D eigenvalue weighted by molar-refractivity contribution is -0.149. The first-order valence-corrected chi connectivity index (χ1v) is 7.63. The van der Waals surface area contributed by atoms with E-state index in [0.29, 0.717) is 18.9 Å². The van der Waals surface area contributed by atoms with Crippen molar-refractivity contribution in [2.45, 2.75) is 58.5 Å². The van der Waals surface area contributed by atoms with Crippen molar-refractivity contribution >= 4 is 5.78 Å². The third-order valence-corrected chi connectivity index (χ3v) is 4.45. The van der Waals surface area contributed by atoms with Crippen LogP contribution in [0.4, 0.5) is 0 Å². The van der Waals surface area contributed by atoms with Crippen molar-refractivity contribution in [3.8, 4) is 0 Å². The van der Waals surface area contributed by atoms with E-state index in [0.717, 1.165) is 37.1 Å². The zero-order valence-electron chi connectivity index (χ0n) is 13.1. The van der Waals surface area contributed by atoms with Crippen LogP contribution >= 0.6 is 0 Å². The third-order valence-electron chi connectivity index (χ3n) is 4.45. The predicted octanol–water partition coefficient (Wildman–Crippen LogP) is 2.83. The molecule has 0 radical (unpaired) electrons. The molecule has 1 saturated carbocycles. The van der Waals surface area contributed by atoms with Crippen molar-refractivity contribution in [3.63, 3.8) is 0 Å². The molecule has 1 heterocycles. The maximum absolute atomic E-state index is 12.8. The average molecular weight is 278 g/mol. The number of hydrogen-bond acceptors (Lipinski definition) is 3. The van der Waals surface area contributed by atoms with E-state index in [4.69, 9.17) is 4.74 Å². The molecule has 1 aromatic heterocycles. The average Bonchev–Trinajstić information content (AvgIpc) is 2.71. The van der Waals surface area contributed by atoms with Gasteiger partial charge in [0.05, 0.1) is 12.1 Å². The Labute approximate surface area is 121 Å². The second-order valence-corrected chi connectivity index (χ2v) is 6.11. The van der Waals surface area contributed by atoms with Gasteiger partial charge in [0, 0.05) is 19.3 Å². The van der Waals surface area contributed by atoms with Gasteiger partial charge in [0.1, 0.15) is 5.60 Å². The van der Waals surface area contributed by atoms with Crippen molar-refractivity contribution in [3.05, 3.63) is 17.5 Å². The summed E-state index contributed by atoms with van der Waals surface area (Å²) in [7, 11) is 1.89. The maximum atomic E-state index is 12.8. The van der Waals surface area contributed by atoms with Gasteiger partial charge in [0.2, 0.25) is 0 Å². The molecule has 112 valence electrons. The largest absolute Gasteiger partial charge is 0.367 e. The van der Waals surface area contributed by atoms with Gasteiger partial charge >= 0.3 is 0 Å². The molecule has 1 aliphatic carbocycles. The molecule has 4 heteroatoms. The van der Waals surface area contributed by atoms with Crippen LogP contribution in [0, 0.1) is 12.8 Å². The first-order chi connectivity index (χ1) is 9.47. The molecule has 0 aromatic carbocycles. The number of nitrogens with zero attached hydrogens (tertiary/aromatic N) is 2. The molecule has 2 rings (SSSR count). The number of aryl methyl sites for hydroxylation is 2. The minimum absolute atomic E-state index is 0.217. The topological polar surface area (TPSA) is 44.1 Å². The molecule has 0 aliphatic heterocycles. The van der Waals surface area contributed by atoms with Gasteiger partial charge in [-0.15, -0.1) is 0 Å². The molecule has 0 unspecified atom stereocenters. The number of aromatic nitrogens is 2. The number of carbonyl (C=O) groups is 1. The summed E-state index contributed by atoms with van der Waals surface area (Å²) in [5.41, 5.74) is 1.38. The number of carbonyl (C=O) groups excluding carboxylic acids is 1. The maximum Gasteiger partial charge on any atom is 0.170 e. The van der Waals surface area contributed by atoms with Gasteiger partial charge in [0.15, 0.2) is 5.78 Å². The van der Waals surface area contributed by atoms with Crippen molar-refractivity contribution in [1.82, 2.24) is 9.78 Å². The van der Waals surface area contributed by atoms with E-state index in [1.807, 2.05) is 27.0 Å². The van der Waals surface area contributed by atoms with Crippen molar-refractivity contribution in [2.75, 3.05) is 6.61 Å². The van der Waals surface area contributed by atoms with Crippen LogP contribution in [0.5, 0.6) is 0 Å². The number of hydrogen-bond donors (Lipinski definition) is 0. The van der Waals surface area contributed by atoms with Gasteiger partial charge in [-0.2, -0.15) is 5.10 Å². The van der Waals surface area contributed by atoms with Gasteiger partial charge in [-0.25, -0.2) is 0 Å². The molecule has 0 N–H and O–H groups in total. The highest BCUT2D eigenvalue weighted by molar-refractivity contribution is 5.89. The summed E-state index contributed by atoms with van der Waals surface area (Å²) >= 11 is 0. The first kappa shape index (κ1) is 15.2. The molecule has 0 spiro atoms. The highest BCUT2D eigenvalue weighted by Crippen LogP contribution is 2.36. The quantitative estimate of drug-likeness (QED) is 0.832. The van der Waals surface area contributed by atoms with E-state index in [1.165, 1.54) is 0 Å². The number of ether oxygens (including phenoxy) is 1. The number of Topliss-reactive ketones (excluding diaryl/α,β-unsaturated/α-hetero) is 1. The van der Waals surface area contributed by atoms with Crippen LogP contribution in [-0.2, 0) is 23.0 Å². The Balaban J connectivity index is 2.13. The van der Waals surface area contributed by atoms with Crippen LogP contribution in [-0.4, -0.2) is 27.8 Å². The van der Waals surface area contributed by atoms with E-state index in [9.17, 15) is 4.79 Å². The lowest BCUT2D eigenvalue weighted by atomic mass is 9.76. The van der Waals surface area contributed by atoms with E-state index >= 15 is 0 Å². The van der Waals surface area contributed by atoms with Crippen LogP contribution < -0.4 is 0 Å². The Morgan fingerprint density at radius 2 is 2.15 bits per heavy atom. The molecule has 0 saturated heterocycles. The summed E-state index contributed by atoms with van der Waals surface area (Å²) in [6.07, 6.45) is 4.30. The molecule has 1 aromatic rings. The van der Waals surface area contributed by atoms with Crippen molar-refractivity contribution in [2.24, 2.45) is 13.0 Å². The zero-order chi connectivity index (χ0) is 14.8. The lowest BCUT2D eigenvalue weighted by Gasteiger charge is -2.37. The minimum Gasteiger partial charge on any atom is -0.367 e. The van der Waals surface area contributed by atoms with Crippen molar-refractivity contribution in [1.29, 1.82) is 0 Å². The molecule has 0 atom stereocenters. The highest BCUT2D eigenvalue weighted by atomic mass is 16.5. The summed E-state index contributed by atoms with van der Waals surface area (Å²) in [5.74, 6) is 0.921. The van der Waals surface area contributed by atoms with Crippen molar-refractivity contribution < 1.29 is 9.53 Å². The number of rotatable bonds is 5. The van der Waals surface area contributed by atoms with Crippen LogP contribution in [0.15, 0.2) is 6.07 Å². The molecule has 0 bridgehead atoms. The zero-order valence-corrected chi connectivity index (χ0v) is 13.1. The van der Waals surface area contributed by atoms with E-state index < -0.39 is 5.60 Å². The Kier molecular flexibility index (Phi) is 4.63. The Morgan fingerprint density at radius 1 is 1.50 bits per heavy atom. The van der Waals surface area contributed by atoms with Crippen LogP contribution in [0.2, 0.25) is 0 Å². The fourth-order valence-electron chi connectivity index (χ4n) is 3.16. The van der Waals surface area contributed by atoms with Gasteiger partial charge in [-0.3, -0.25) is 9.48 Å². The normalized spacial score (nSPS) is 26.7. The molecule has 1 fully saturated rings. The summed E-state index contributed by atoms with van der Waals surface area (Å²) in [5, 5.41) is 4.31. The standard InChI is InChI=1S/C16H26N2O2/c1-5-20-16(8-6-12(2)7-9-16)15(19)11-14-10-13(3)17-18(14)4/h10,12H,5-9,11H2,1-4H3. The fraction of sp³-hybridized carbons (Fsp3) is 0.750. The molecule has 4 nitrogen and oxygen atoms in total. The van der Waals surface area contributed by atoms with Crippen LogP contribution in [0.25, 0.3) is 0 Å². The summed E-state index contributed by atoms with van der Waals surface area (Å²) in [4.78, 5) is 12.8. The first-order valence-electron chi connectivity index (χ1n) is 7.63. The smallest absolute Gasteiger partial charge is 0.170 e. The monoisotopic (exact) mass is 278 g/mol. The van der Waals surface area contributed by atoms with Gasteiger partial charge < -0.3 is 4.74 Å². The molecular weight excluding hydrogens is 252 g/mol. The van der Waals surface area contributed by atoms with E-state index in [-0.39, 0.29) is 5.78 Å². The highest BCUT2D eigenvalue weighted by Gasteiger charge is 2.41. The summed E-state index contributed by atoms with van der Waals surface area (Å²) < 4.78 is 7.72. The fourth-order valence-corrected chi connectivity index (χ4v) is 3.16.